The van der Waals surface area contributed by atoms with Crippen molar-refractivity contribution in [3.8, 4) is 0 Å². The molecule has 1 N–H and O–H groups in total. The van der Waals surface area contributed by atoms with E-state index in [1.165, 1.54) is 0 Å². The Morgan fingerprint density at radius 3 is 2.38 bits per heavy atom. The fourth-order valence-electron chi connectivity index (χ4n) is 2.35. The van der Waals surface area contributed by atoms with E-state index in [1.54, 1.807) is 0 Å². The number of fused-ring (bicyclic) bond motifs is 2. The number of ether oxygens (including phenoxy) is 1. The second-order valence-corrected chi connectivity index (χ2v) is 5.12. The molecule has 1 saturated carbocycles. The van der Waals surface area contributed by atoms with Gasteiger partial charge in [-0.2, -0.15) is 0 Å². The molecule has 2 bridgehead atoms. The zero-order valence-electron chi connectivity index (χ0n) is 8.53. The molecule has 0 saturated heterocycles. The topological polar surface area (TPSA) is 29.5 Å². The van der Waals surface area contributed by atoms with E-state index in [-0.39, 0.29) is 23.7 Å². The molecule has 2 nitrogen and oxygen atoms in total. The Labute approximate surface area is 79.6 Å². The zero-order valence-corrected chi connectivity index (χ0v) is 8.53. The van der Waals surface area contributed by atoms with Crippen molar-refractivity contribution >= 4 is 0 Å². The van der Waals surface area contributed by atoms with Crippen molar-refractivity contribution < 1.29 is 9.84 Å². The first-order valence-corrected chi connectivity index (χ1v) is 5.01. The minimum Gasteiger partial charge on any atom is -0.392 e. The van der Waals surface area contributed by atoms with Crippen LogP contribution in [0, 0.1) is 11.8 Å². The minimum atomic E-state index is -0.178. The Balaban J connectivity index is 2.04. The van der Waals surface area contributed by atoms with Crippen LogP contribution >= 0.6 is 0 Å². The molecule has 0 amide bonds. The molecule has 0 heterocycles. The third-order valence-corrected chi connectivity index (χ3v) is 2.83. The Hall–Kier alpha value is -0.340. The summed E-state index contributed by atoms with van der Waals surface area (Å²) in [6.45, 7) is 6.20. The number of hydrogen-bond donors (Lipinski definition) is 1. The molecule has 0 radical (unpaired) electrons. The molecule has 0 unspecified atom stereocenters. The number of aliphatic hydroxyl groups excluding tert-OH is 1. The maximum absolute atomic E-state index is 9.66. The van der Waals surface area contributed by atoms with Gasteiger partial charge in [0.2, 0.25) is 0 Å². The number of aliphatic hydroxyl groups is 1. The highest BCUT2D eigenvalue weighted by atomic mass is 16.5. The van der Waals surface area contributed by atoms with Gasteiger partial charge in [0.15, 0.2) is 0 Å². The predicted octanol–water partition coefficient (Wildman–Crippen LogP) is 1.74. The third kappa shape index (κ3) is 1.65. The molecule has 74 valence electrons. The average molecular weight is 182 g/mol. The van der Waals surface area contributed by atoms with Crippen molar-refractivity contribution in [3.05, 3.63) is 12.2 Å². The summed E-state index contributed by atoms with van der Waals surface area (Å²) in [5, 5.41) is 9.66. The molecule has 0 aromatic heterocycles. The molecule has 1 fully saturated rings. The van der Waals surface area contributed by atoms with Gasteiger partial charge < -0.3 is 9.84 Å². The SMILES string of the molecule is CC(C)(C)O[C@@H]1[C@@H]2C=C[C@H]1C[C@H]2O. The summed E-state index contributed by atoms with van der Waals surface area (Å²) < 4.78 is 5.93. The fourth-order valence-corrected chi connectivity index (χ4v) is 2.35. The highest BCUT2D eigenvalue weighted by Gasteiger charge is 2.46. The van der Waals surface area contributed by atoms with Gasteiger partial charge in [0.05, 0.1) is 17.8 Å². The quantitative estimate of drug-likeness (QED) is 0.626. The van der Waals surface area contributed by atoms with Crippen LogP contribution in [0.2, 0.25) is 0 Å². The van der Waals surface area contributed by atoms with Crippen LogP contribution in [0.25, 0.3) is 0 Å². The smallest absolute Gasteiger partial charge is 0.0733 e. The predicted molar refractivity (Wildman–Crippen MR) is 51.4 cm³/mol. The molecule has 0 aromatic carbocycles. The lowest BCUT2D eigenvalue weighted by atomic mass is 10.1. The lowest BCUT2D eigenvalue weighted by Crippen LogP contribution is -2.32. The van der Waals surface area contributed by atoms with Crippen LogP contribution in [-0.4, -0.2) is 22.9 Å². The first-order valence-electron chi connectivity index (χ1n) is 5.01. The van der Waals surface area contributed by atoms with Crippen molar-refractivity contribution in [2.75, 3.05) is 0 Å². The van der Waals surface area contributed by atoms with Crippen LogP contribution in [0.3, 0.4) is 0 Å². The molecule has 0 aliphatic heterocycles. The van der Waals surface area contributed by atoms with Gasteiger partial charge in [-0.1, -0.05) is 12.2 Å². The van der Waals surface area contributed by atoms with Gasteiger partial charge in [0.25, 0.3) is 0 Å². The van der Waals surface area contributed by atoms with Crippen molar-refractivity contribution in [2.45, 2.75) is 45.0 Å². The molecule has 2 aliphatic rings. The van der Waals surface area contributed by atoms with Crippen LogP contribution in [0.1, 0.15) is 27.2 Å². The highest BCUT2D eigenvalue weighted by Crippen LogP contribution is 2.42. The molecule has 2 rings (SSSR count). The van der Waals surface area contributed by atoms with E-state index in [1.807, 2.05) is 0 Å². The van der Waals surface area contributed by atoms with Crippen molar-refractivity contribution in [1.29, 1.82) is 0 Å². The lowest BCUT2D eigenvalue weighted by Gasteiger charge is -2.28. The van der Waals surface area contributed by atoms with Crippen LogP contribution in [0.4, 0.5) is 0 Å². The summed E-state index contributed by atoms with van der Waals surface area (Å²) in [7, 11) is 0. The van der Waals surface area contributed by atoms with E-state index in [0.717, 1.165) is 6.42 Å². The molecule has 0 aromatic rings. The molecule has 2 aliphatic carbocycles. The summed E-state index contributed by atoms with van der Waals surface area (Å²) in [6, 6.07) is 0. The lowest BCUT2D eigenvalue weighted by molar-refractivity contribution is -0.0808. The van der Waals surface area contributed by atoms with Gasteiger partial charge in [0, 0.05) is 11.8 Å². The molecule has 2 heteroatoms. The summed E-state index contributed by atoms with van der Waals surface area (Å²) in [5.41, 5.74) is -0.1000. The Morgan fingerprint density at radius 2 is 2.00 bits per heavy atom. The zero-order chi connectivity index (χ0) is 9.64. The van der Waals surface area contributed by atoms with Gasteiger partial charge >= 0.3 is 0 Å². The van der Waals surface area contributed by atoms with Gasteiger partial charge in [-0.25, -0.2) is 0 Å². The minimum absolute atomic E-state index is 0.1000. The maximum Gasteiger partial charge on any atom is 0.0733 e. The van der Waals surface area contributed by atoms with Crippen molar-refractivity contribution in [2.24, 2.45) is 11.8 Å². The van der Waals surface area contributed by atoms with E-state index < -0.39 is 0 Å². The average Bonchev–Trinajstić information content (AvgIpc) is 2.42. The van der Waals surface area contributed by atoms with Gasteiger partial charge in [-0.05, 0) is 27.2 Å². The first-order chi connectivity index (χ1) is 5.97. The second kappa shape index (κ2) is 2.82. The van der Waals surface area contributed by atoms with E-state index >= 15 is 0 Å². The standard InChI is InChI=1S/C11H18O2/c1-11(2,3)13-10-7-4-5-8(10)9(12)6-7/h4-5,7-10,12H,6H2,1-3H3/t7-,8+,9+,10-/m0/s1. The summed E-state index contributed by atoms with van der Waals surface area (Å²) in [5.74, 6) is 0.684. The second-order valence-electron chi connectivity index (χ2n) is 5.12. The molecular weight excluding hydrogens is 164 g/mol. The summed E-state index contributed by atoms with van der Waals surface area (Å²) >= 11 is 0. The molecule has 4 atom stereocenters. The van der Waals surface area contributed by atoms with E-state index in [0.29, 0.717) is 5.92 Å². The fraction of sp³-hybridized carbons (Fsp3) is 0.818. The summed E-state index contributed by atoms with van der Waals surface area (Å²) in [6.07, 6.45) is 5.21. The number of rotatable bonds is 1. The van der Waals surface area contributed by atoms with Gasteiger partial charge in [0.1, 0.15) is 0 Å². The normalized spacial score (nSPS) is 43.1. The Morgan fingerprint density at radius 1 is 1.31 bits per heavy atom. The van der Waals surface area contributed by atoms with Crippen LogP contribution in [0.15, 0.2) is 12.2 Å². The summed E-state index contributed by atoms with van der Waals surface area (Å²) in [4.78, 5) is 0. The van der Waals surface area contributed by atoms with Crippen LogP contribution in [-0.2, 0) is 4.74 Å². The first kappa shape index (κ1) is 9.22. The van der Waals surface area contributed by atoms with Crippen molar-refractivity contribution in [3.63, 3.8) is 0 Å². The van der Waals surface area contributed by atoms with Gasteiger partial charge in [-0.15, -0.1) is 0 Å². The van der Waals surface area contributed by atoms with E-state index in [4.69, 9.17) is 4.74 Å². The Bertz CT molecular complexity index is 227. The van der Waals surface area contributed by atoms with Crippen LogP contribution in [0.5, 0.6) is 0 Å². The number of hydrogen-bond acceptors (Lipinski definition) is 2. The van der Waals surface area contributed by atoms with Gasteiger partial charge in [-0.3, -0.25) is 0 Å². The monoisotopic (exact) mass is 182 g/mol. The molecule has 0 spiro atoms. The molecule has 13 heavy (non-hydrogen) atoms. The molecular formula is C11H18O2. The third-order valence-electron chi connectivity index (χ3n) is 2.83. The largest absolute Gasteiger partial charge is 0.392 e. The maximum atomic E-state index is 9.66. The van der Waals surface area contributed by atoms with Crippen LogP contribution < -0.4 is 0 Å². The van der Waals surface area contributed by atoms with Crippen molar-refractivity contribution in [1.82, 2.24) is 0 Å². The van der Waals surface area contributed by atoms with E-state index in [9.17, 15) is 5.11 Å². The highest BCUT2D eigenvalue weighted by molar-refractivity contribution is 5.16. The Kier molecular flexibility index (Phi) is 2.00. The van der Waals surface area contributed by atoms with E-state index in [2.05, 4.69) is 32.9 Å².